The van der Waals surface area contributed by atoms with Crippen molar-refractivity contribution in [2.75, 3.05) is 11.4 Å². The van der Waals surface area contributed by atoms with Crippen molar-refractivity contribution in [1.82, 2.24) is 4.98 Å². The highest BCUT2D eigenvalue weighted by Crippen LogP contribution is 2.39. The first-order valence-corrected chi connectivity index (χ1v) is 10.4. The fraction of sp³-hybridized carbons (Fsp3) is 0.130. The van der Waals surface area contributed by atoms with Gasteiger partial charge in [0.15, 0.2) is 0 Å². The lowest BCUT2D eigenvalue weighted by Crippen LogP contribution is -2.35. The third-order valence-corrected chi connectivity index (χ3v) is 6.10. The summed E-state index contributed by atoms with van der Waals surface area (Å²) in [5.41, 5.74) is 4.44. The van der Waals surface area contributed by atoms with Crippen LogP contribution in [0.5, 0.6) is 0 Å². The van der Waals surface area contributed by atoms with Crippen LogP contribution in [0, 0.1) is 29.6 Å². The molecule has 0 bridgehead atoms. The van der Waals surface area contributed by atoms with E-state index in [-0.39, 0.29) is 18.2 Å². The number of nitrogens with zero attached hydrogens (tertiary/aromatic N) is 3. The van der Waals surface area contributed by atoms with Gasteiger partial charge in [0.05, 0.1) is 17.1 Å². The molecule has 0 saturated heterocycles. The molecule has 3 heterocycles. The number of fused-ring (bicyclic) bond motifs is 1. The Morgan fingerprint density at radius 3 is 2.63 bits per heavy atom. The van der Waals surface area contributed by atoms with Crippen LogP contribution in [0.15, 0.2) is 53.8 Å². The van der Waals surface area contributed by atoms with Gasteiger partial charge in [0.2, 0.25) is 0 Å². The van der Waals surface area contributed by atoms with E-state index in [2.05, 4.69) is 16.8 Å². The summed E-state index contributed by atoms with van der Waals surface area (Å²) in [6, 6.07) is 11.3. The summed E-state index contributed by atoms with van der Waals surface area (Å²) >= 11 is 7.55. The topological polar surface area (TPSA) is 76.2 Å². The Bertz CT molecular complexity index is 1230. The Kier molecular flexibility index (Phi) is 5.49. The van der Waals surface area contributed by atoms with Crippen molar-refractivity contribution in [3.05, 3.63) is 80.9 Å². The average molecular weight is 432 g/mol. The van der Waals surface area contributed by atoms with Gasteiger partial charge in [-0.05, 0) is 43.7 Å². The predicted octanol–water partition coefficient (Wildman–Crippen LogP) is 5.14. The van der Waals surface area contributed by atoms with E-state index in [4.69, 9.17) is 27.4 Å². The summed E-state index contributed by atoms with van der Waals surface area (Å²) in [4.78, 5) is 11.4. The number of aromatic nitrogens is 1. The van der Waals surface area contributed by atoms with Gasteiger partial charge in [-0.15, -0.1) is 11.3 Å². The molecule has 148 valence electrons. The van der Waals surface area contributed by atoms with Crippen LogP contribution in [-0.4, -0.2) is 28.9 Å². The van der Waals surface area contributed by atoms with Crippen molar-refractivity contribution in [2.24, 2.45) is 4.99 Å². The Labute approximate surface area is 184 Å². The highest BCUT2D eigenvalue weighted by molar-refractivity contribution is 7.17. The van der Waals surface area contributed by atoms with Crippen LogP contribution in [-0.2, 0) is 0 Å². The van der Waals surface area contributed by atoms with E-state index in [1.54, 1.807) is 24.2 Å². The molecule has 2 aromatic heterocycles. The zero-order valence-corrected chi connectivity index (χ0v) is 18.0. The van der Waals surface area contributed by atoms with E-state index in [1.165, 1.54) is 11.3 Å². The molecule has 4 rings (SSSR count). The molecule has 5 nitrogen and oxygen atoms in total. The molecule has 2 N–H and O–H groups in total. The molecular weight excluding hydrogens is 414 g/mol. The van der Waals surface area contributed by atoms with Gasteiger partial charge < -0.3 is 0 Å². The van der Waals surface area contributed by atoms with E-state index >= 15 is 0 Å². The van der Waals surface area contributed by atoms with E-state index < -0.39 is 0 Å². The molecule has 0 radical (unpaired) electrons. The van der Waals surface area contributed by atoms with Gasteiger partial charge in [-0.1, -0.05) is 35.6 Å². The number of halogens is 1. The first-order valence-electron chi connectivity index (χ1n) is 9.24. The number of amidine groups is 2. The fourth-order valence-electron chi connectivity index (χ4n) is 3.24. The Morgan fingerprint density at radius 2 is 1.97 bits per heavy atom. The maximum Gasteiger partial charge on any atom is 0.129 e. The number of nitrogens with one attached hydrogen (secondary N) is 2. The summed E-state index contributed by atoms with van der Waals surface area (Å²) in [5, 5.41) is 18.2. The summed E-state index contributed by atoms with van der Waals surface area (Å²) in [6.45, 7) is 3.90. The second-order valence-corrected chi connectivity index (χ2v) is 8.20. The van der Waals surface area contributed by atoms with Crippen LogP contribution in [0.25, 0.3) is 0 Å². The van der Waals surface area contributed by atoms with Crippen LogP contribution in [0.2, 0.25) is 5.02 Å². The number of anilines is 1. The summed E-state index contributed by atoms with van der Waals surface area (Å²) < 4.78 is 0. The van der Waals surface area contributed by atoms with Gasteiger partial charge in [0, 0.05) is 34.1 Å². The first kappa shape index (κ1) is 20.0. The SMILES string of the molecule is CC(=N)N1C(=N)CN=C(c2ccc(Cl)cc2)c2c1sc(C#Cc1cccnc1)c2C. The number of aliphatic imine (C=N–C) groups is 1. The molecule has 0 saturated carbocycles. The highest BCUT2D eigenvalue weighted by Gasteiger charge is 2.29. The number of hydrogen-bond donors (Lipinski definition) is 2. The molecule has 1 aromatic carbocycles. The minimum atomic E-state index is 0.200. The minimum absolute atomic E-state index is 0.200. The van der Waals surface area contributed by atoms with Gasteiger partial charge in [-0.3, -0.25) is 25.7 Å². The molecule has 1 aliphatic rings. The molecule has 0 amide bonds. The van der Waals surface area contributed by atoms with E-state index in [0.29, 0.717) is 5.02 Å². The number of hydrogen-bond acceptors (Lipinski definition) is 5. The lowest BCUT2D eigenvalue weighted by Gasteiger charge is -2.20. The molecule has 0 fully saturated rings. The van der Waals surface area contributed by atoms with Gasteiger partial charge in [0.25, 0.3) is 0 Å². The molecule has 3 aromatic rings. The van der Waals surface area contributed by atoms with E-state index in [1.807, 2.05) is 43.3 Å². The van der Waals surface area contributed by atoms with Crippen LogP contribution < -0.4 is 4.90 Å². The Balaban J connectivity index is 1.90. The zero-order chi connectivity index (χ0) is 21.3. The molecule has 30 heavy (non-hydrogen) atoms. The molecule has 0 spiro atoms. The average Bonchev–Trinajstić information content (AvgIpc) is 2.95. The molecule has 1 aliphatic heterocycles. The van der Waals surface area contributed by atoms with Gasteiger partial charge in [-0.2, -0.15) is 0 Å². The van der Waals surface area contributed by atoms with Crippen molar-refractivity contribution in [1.29, 1.82) is 10.8 Å². The number of benzene rings is 1. The predicted molar refractivity (Wildman–Crippen MR) is 125 cm³/mol. The largest absolute Gasteiger partial charge is 0.288 e. The first-order chi connectivity index (χ1) is 14.5. The Morgan fingerprint density at radius 1 is 1.20 bits per heavy atom. The van der Waals surface area contributed by atoms with Crippen LogP contribution in [0.1, 0.15) is 34.1 Å². The Hall–Kier alpha value is -3.27. The standard InChI is InChI=1S/C23H18ClN5S/c1-14-19(10-5-16-4-3-11-27-12-16)30-23-21(14)22(17-6-8-18(24)9-7-17)28-13-20(26)29(23)15(2)25/h3-4,6-9,11-12,25-26H,13H2,1-2H3. The quantitative estimate of drug-likeness (QED) is 0.318. The zero-order valence-electron chi connectivity index (χ0n) is 16.5. The smallest absolute Gasteiger partial charge is 0.129 e. The third kappa shape index (κ3) is 3.78. The van der Waals surface area contributed by atoms with Gasteiger partial charge in [-0.25, -0.2) is 0 Å². The summed E-state index contributed by atoms with van der Waals surface area (Å²) in [7, 11) is 0. The fourth-order valence-corrected chi connectivity index (χ4v) is 4.61. The van der Waals surface area contributed by atoms with Crippen LogP contribution in [0.3, 0.4) is 0 Å². The molecule has 0 atom stereocenters. The summed E-state index contributed by atoms with van der Waals surface area (Å²) in [5.74, 6) is 6.95. The summed E-state index contributed by atoms with van der Waals surface area (Å²) in [6.07, 6.45) is 3.44. The maximum absolute atomic E-state index is 8.47. The van der Waals surface area contributed by atoms with Crippen molar-refractivity contribution < 1.29 is 0 Å². The second-order valence-electron chi connectivity index (χ2n) is 6.77. The lowest BCUT2D eigenvalue weighted by atomic mass is 9.99. The number of thiophene rings is 1. The molecule has 7 heteroatoms. The number of pyridine rings is 1. The number of rotatable bonds is 1. The second kappa shape index (κ2) is 8.23. The van der Waals surface area contributed by atoms with Crippen molar-refractivity contribution in [2.45, 2.75) is 13.8 Å². The van der Waals surface area contributed by atoms with Crippen LogP contribution in [0.4, 0.5) is 5.00 Å². The van der Waals surface area contributed by atoms with Gasteiger partial charge >= 0.3 is 0 Å². The minimum Gasteiger partial charge on any atom is -0.288 e. The van der Waals surface area contributed by atoms with Crippen LogP contribution >= 0.6 is 22.9 Å². The van der Waals surface area contributed by atoms with Gasteiger partial charge in [0.1, 0.15) is 16.7 Å². The van der Waals surface area contributed by atoms with Crippen molar-refractivity contribution in [3.8, 4) is 11.8 Å². The lowest BCUT2D eigenvalue weighted by molar-refractivity contribution is 1.20. The molecule has 0 unspecified atom stereocenters. The maximum atomic E-state index is 8.47. The molecule has 0 aliphatic carbocycles. The highest BCUT2D eigenvalue weighted by atomic mass is 35.5. The van der Waals surface area contributed by atoms with Crippen molar-refractivity contribution >= 4 is 45.3 Å². The van der Waals surface area contributed by atoms with E-state index in [0.717, 1.165) is 37.8 Å². The van der Waals surface area contributed by atoms with Crippen molar-refractivity contribution in [3.63, 3.8) is 0 Å². The monoisotopic (exact) mass is 431 g/mol. The normalized spacial score (nSPS) is 13.1. The molecular formula is C23H18ClN5S. The third-order valence-electron chi connectivity index (χ3n) is 4.66. The van der Waals surface area contributed by atoms with E-state index in [9.17, 15) is 0 Å².